The first-order chi connectivity index (χ1) is 31.0. The van der Waals surface area contributed by atoms with Crippen LogP contribution < -0.4 is 16.0 Å². The van der Waals surface area contributed by atoms with Gasteiger partial charge in [-0.25, -0.2) is 14.4 Å². The number of carbonyl (C=O) groups excluding carboxylic acids is 4. The number of alkyl carbamates (subject to hydrolysis) is 3. The molecule has 7 unspecified atom stereocenters. The van der Waals surface area contributed by atoms with E-state index < -0.39 is 145 Å². The van der Waals surface area contributed by atoms with E-state index in [-0.39, 0.29) is 25.7 Å². The molecule has 0 spiro atoms. The van der Waals surface area contributed by atoms with E-state index in [1.165, 1.54) is 0 Å². The number of carboxylic acids is 1. The number of aliphatic carboxylic acids is 1. The van der Waals surface area contributed by atoms with E-state index in [4.69, 9.17) is 43.0 Å². The molecule has 0 aromatic rings. The van der Waals surface area contributed by atoms with E-state index in [0.29, 0.717) is 19.3 Å². The molecule has 2 saturated heterocycles. The molecule has 0 radical (unpaired) electrons. The Kier molecular flexibility index (Phi) is 21.8. The van der Waals surface area contributed by atoms with Crippen molar-refractivity contribution in [3.63, 3.8) is 0 Å². The second-order valence-electron chi connectivity index (χ2n) is 20.2. The third-order valence-electron chi connectivity index (χ3n) is 10.9. The number of carbonyl (C=O) groups is 5. The Bertz CT molecular complexity index is 1600. The molecule has 0 aromatic heterocycles. The fourth-order valence-corrected chi connectivity index (χ4v) is 7.83. The monoisotopic (exact) mass is 968 g/mol. The van der Waals surface area contributed by atoms with Crippen LogP contribution in [0.15, 0.2) is 0 Å². The first-order valence-electron chi connectivity index (χ1n) is 23.1. The van der Waals surface area contributed by atoms with Crippen LogP contribution in [-0.4, -0.2) is 181 Å². The summed E-state index contributed by atoms with van der Waals surface area (Å²) in [6.07, 6.45) is -19.3. The summed E-state index contributed by atoms with van der Waals surface area (Å²) in [6.45, 7) is 15.2. The van der Waals surface area contributed by atoms with Crippen LogP contribution in [0.2, 0.25) is 0 Å². The number of aliphatic hydroxyl groups is 6. The van der Waals surface area contributed by atoms with Gasteiger partial charge in [-0.3, -0.25) is 9.59 Å². The second kappa shape index (κ2) is 25.3. The topological polar surface area (TPSA) is 337 Å². The highest BCUT2D eigenvalue weighted by molar-refractivity contribution is 5.70. The van der Waals surface area contributed by atoms with Crippen molar-refractivity contribution in [2.24, 2.45) is 0 Å². The molecular formula is C44H77N3O20. The van der Waals surface area contributed by atoms with Gasteiger partial charge in [-0.1, -0.05) is 32.6 Å². The molecule has 0 bridgehead atoms. The number of hydrogen-bond donors (Lipinski definition) is 10. The summed E-state index contributed by atoms with van der Waals surface area (Å²) in [5.41, 5.74) is -3.00. The first-order valence-corrected chi connectivity index (χ1v) is 23.1. The summed E-state index contributed by atoms with van der Waals surface area (Å²) >= 11 is 0. The lowest BCUT2D eigenvalue weighted by molar-refractivity contribution is -0.335. The fraction of sp³-hybridized carbons (Fsp3) is 0.886. The predicted molar refractivity (Wildman–Crippen MR) is 233 cm³/mol. The lowest BCUT2D eigenvalue weighted by Crippen LogP contribution is -2.70. The summed E-state index contributed by atoms with van der Waals surface area (Å²) in [5.74, 6) is -1.59. The highest BCUT2D eigenvalue weighted by Crippen LogP contribution is 2.35. The van der Waals surface area contributed by atoms with Gasteiger partial charge in [-0.15, -0.1) is 0 Å². The SMILES string of the molecule is CCC1O[C@H](OC2C(O)[C@@H](OC3O[C@H](CO)[C@H](O)C(NC(=O)OC(C)(C)C)[C@H]3O)C(NC(=O)OC(C)(C)C)C[C@@H]2NC(=O)OC(C)(C)C)C(O)[C@H](OC(=O)CCCCCCCCC(=O)O)[C@@H]1O. The molecule has 388 valence electrons. The predicted octanol–water partition coefficient (Wildman–Crippen LogP) is 1.61. The number of rotatable bonds is 19. The molecule has 3 amide bonds. The number of unbranched alkanes of at least 4 members (excludes halogenated alkanes) is 5. The van der Waals surface area contributed by atoms with Crippen LogP contribution in [0.1, 0.15) is 133 Å². The minimum absolute atomic E-state index is 0.0556. The average Bonchev–Trinajstić information content (AvgIpc) is 3.18. The quantitative estimate of drug-likeness (QED) is 0.0499. The van der Waals surface area contributed by atoms with Crippen LogP contribution in [0, 0.1) is 0 Å². The Morgan fingerprint density at radius 1 is 0.552 bits per heavy atom. The number of esters is 1. The van der Waals surface area contributed by atoms with Crippen LogP contribution in [-0.2, 0) is 47.5 Å². The van der Waals surface area contributed by atoms with E-state index in [9.17, 15) is 54.6 Å². The Morgan fingerprint density at radius 3 is 1.43 bits per heavy atom. The lowest BCUT2D eigenvalue weighted by Gasteiger charge is -2.49. The minimum Gasteiger partial charge on any atom is -0.481 e. The largest absolute Gasteiger partial charge is 0.481 e. The highest BCUT2D eigenvalue weighted by Gasteiger charge is 2.55. The molecule has 1 saturated carbocycles. The summed E-state index contributed by atoms with van der Waals surface area (Å²) in [6, 6.07) is -4.20. The average molecular weight is 968 g/mol. The maximum Gasteiger partial charge on any atom is 0.408 e. The van der Waals surface area contributed by atoms with Crippen molar-refractivity contribution in [1.82, 2.24) is 16.0 Å². The number of aliphatic hydroxyl groups excluding tert-OH is 6. The van der Waals surface area contributed by atoms with Crippen molar-refractivity contribution in [2.75, 3.05) is 6.61 Å². The summed E-state index contributed by atoms with van der Waals surface area (Å²) in [7, 11) is 0. The molecule has 3 fully saturated rings. The Morgan fingerprint density at radius 2 is 0.985 bits per heavy atom. The summed E-state index contributed by atoms with van der Waals surface area (Å²) < 4.78 is 46.2. The van der Waals surface area contributed by atoms with Gasteiger partial charge < -0.3 is 89.6 Å². The number of ether oxygens (including phenoxy) is 8. The van der Waals surface area contributed by atoms with Gasteiger partial charge in [0.15, 0.2) is 18.7 Å². The zero-order chi connectivity index (χ0) is 50.6. The lowest BCUT2D eigenvalue weighted by atomic mass is 9.83. The molecule has 2 aliphatic heterocycles. The van der Waals surface area contributed by atoms with E-state index >= 15 is 0 Å². The van der Waals surface area contributed by atoms with E-state index in [1.807, 2.05) is 0 Å². The molecule has 15 atom stereocenters. The Labute approximate surface area is 391 Å². The molecule has 23 nitrogen and oxygen atoms in total. The molecule has 3 rings (SSSR count). The molecule has 10 N–H and O–H groups in total. The maximum atomic E-state index is 13.4. The third-order valence-corrected chi connectivity index (χ3v) is 10.9. The molecule has 0 aromatic carbocycles. The van der Waals surface area contributed by atoms with Crippen molar-refractivity contribution < 1.29 is 97.6 Å². The van der Waals surface area contributed by atoms with Crippen LogP contribution in [0.5, 0.6) is 0 Å². The van der Waals surface area contributed by atoms with Gasteiger partial charge >= 0.3 is 30.2 Å². The third kappa shape index (κ3) is 18.6. The van der Waals surface area contributed by atoms with Crippen LogP contribution >= 0.6 is 0 Å². The molecule has 23 heteroatoms. The molecule has 1 aliphatic carbocycles. The van der Waals surface area contributed by atoms with Gasteiger partial charge in [0, 0.05) is 12.8 Å². The summed E-state index contributed by atoms with van der Waals surface area (Å²) in [5, 5.41) is 84.4. The minimum atomic E-state index is -1.96. The van der Waals surface area contributed by atoms with Gasteiger partial charge in [-0.05, 0) is 88.0 Å². The number of carboxylic acid groups (broad SMARTS) is 1. The first kappa shape index (κ1) is 57.7. The standard InChI is InChI=1S/C44H77N3O20/c1-11-24-30(53)36(62-27(51)19-17-15-13-12-14-16-18-26(49)50)33(56)38(60-24)64-35-23(46-40(58)66-43(5,6)7)20-22(45-39(57)65-42(2,3)4)34(32(35)55)63-37-31(54)28(29(52)25(21-48)61-37)47-41(59)67-44(8,9)10/h22-25,28-38,48,52-56H,11-21H2,1-10H3,(H,45,57)(H,46,58)(H,47,59)(H,49,50)/t22?,23-,24?,25+,28?,29-,30+,31+,32?,33?,34-,35?,36+,37?,38+/m0/s1. The van der Waals surface area contributed by atoms with Gasteiger partial charge in [0.05, 0.1) is 30.8 Å². The molecular weight excluding hydrogens is 890 g/mol. The normalized spacial score (nSPS) is 32.6. The van der Waals surface area contributed by atoms with Crippen molar-refractivity contribution in [2.45, 2.75) is 242 Å². The Hall–Kier alpha value is -3.65. The van der Waals surface area contributed by atoms with Gasteiger partial charge in [0.25, 0.3) is 0 Å². The Balaban J connectivity index is 1.98. The second-order valence-corrected chi connectivity index (χ2v) is 20.2. The van der Waals surface area contributed by atoms with Crippen LogP contribution in [0.25, 0.3) is 0 Å². The van der Waals surface area contributed by atoms with Crippen molar-refractivity contribution in [3.8, 4) is 0 Å². The highest BCUT2D eigenvalue weighted by atomic mass is 16.7. The number of nitrogens with one attached hydrogen (secondary N) is 3. The zero-order valence-electron chi connectivity index (χ0n) is 40.4. The molecule has 2 heterocycles. The molecule has 67 heavy (non-hydrogen) atoms. The van der Waals surface area contributed by atoms with Crippen molar-refractivity contribution in [1.29, 1.82) is 0 Å². The van der Waals surface area contributed by atoms with Crippen LogP contribution in [0.4, 0.5) is 14.4 Å². The van der Waals surface area contributed by atoms with E-state index in [1.54, 1.807) is 69.2 Å². The van der Waals surface area contributed by atoms with Gasteiger partial charge in [0.1, 0.15) is 65.6 Å². The number of hydrogen-bond acceptors (Lipinski definition) is 19. The van der Waals surface area contributed by atoms with Gasteiger partial charge in [-0.2, -0.15) is 0 Å². The number of amides is 3. The zero-order valence-corrected chi connectivity index (χ0v) is 40.4. The van der Waals surface area contributed by atoms with Crippen molar-refractivity contribution in [3.05, 3.63) is 0 Å². The summed E-state index contributed by atoms with van der Waals surface area (Å²) in [4.78, 5) is 63.4. The smallest absolute Gasteiger partial charge is 0.408 e. The van der Waals surface area contributed by atoms with Crippen molar-refractivity contribution >= 4 is 30.2 Å². The van der Waals surface area contributed by atoms with E-state index in [2.05, 4.69) is 16.0 Å². The van der Waals surface area contributed by atoms with Crippen LogP contribution in [0.3, 0.4) is 0 Å². The molecule has 3 aliphatic rings. The van der Waals surface area contributed by atoms with Gasteiger partial charge in [0.2, 0.25) is 0 Å². The fourth-order valence-electron chi connectivity index (χ4n) is 7.83. The van der Waals surface area contributed by atoms with E-state index in [0.717, 1.165) is 19.3 Å². The maximum absolute atomic E-state index is 13.4.